The smallest absolute Gasteiger partial charge is 0.267 e. The number of hydrogen-bond donors (Lipinski definition) is 1. The van der Waals surface area contributed by atoms with Gasteiger partial charge in [0, 0.05) is 16.5 Å². The van der Waals surface area contributed by atoms with Crippen LogP contribution in [-0.4, -0.2) is 16.1 Å². The lowest BCUT2D eigenvalue weighted by atomic mass is 10.1. The summed E-state index contributed by atoms with van der Waals surface area (Å²) in [6.45, 7) is 5.98. The first kappa shape index (κ1) is 16.0. The molecule has 0 aliphatic carbocycles. The van der Waals surface area contributed by atoms with E-state index in [-0.39, 0.29) is 11.7 Å². The maximum atomic E-state index is 13.9. The molecule has 120 valence electrons. The molecule has 3 rings (SSSR count). The summed E-state index contributed by atoms with van der Waals surface area (Å²) in [6, 6.07) is 4.88. The molecule has 0 unspecified atom stereocenters. The van der Waals surface area contributed by atoms with Crippen molar-refractivity contribution in [2.45, 2.75) is 27.2 Å². The molecule has 7 heteroatoms. The van der Waals surface area contributed by atoms with E-state index in [1.165, 1.54) is 28.7 Å². The summed E-state index contributed by atoms with van der Waals surface area (Å²) in [5, 5.41) is 12.7. The van der Waals surface area contributed by atoms with Gasteiger partial charge in [-0.15, -0.1) is 21.5 Å². The van der Waals surface area contributed by atoms with Crippen molar-refractivity contribution in [1.29, 1.82) is 0 Å². The van der Waals surface area contributed by atoms with Gasteiger partial charge in [0.05, 0.1) is 4.88 Å². The van der Waals surface area contributed by atoms with Crippen LogP contribution >= 0.6 is 22.7 Å². The molecule has 1 amide bonds. The molecule has 3 aromatic rings. The third kappa shape index (κ3) is 3.25. The molecule has 0 atom stereocenters. The minimum Gasteiger partial charge on any atom is -0.296 e. The minimum atomic E-state index is -0.301. The third-order valence-electron chi connectivity index (χ3n) is 3.38. The van der Waals surface area contributed by atoms with Crippen molar-refractivity contribution in [3.8, 4) is 0 Å². The van der Waals surface area contributed by atoms with Gasteiger partial charge < -0.3 is 0 Å². The van der Waals surface area contributed by atoms with Crippen molar-refractivity contribution in [2.24, 2.45) is 5.92 Å². The Kier molecular flexibility index (Phi) is 4.41. The number of nitrogens with zero attached hydrogens (tertiary/aromatic N) is 2. The Bertz CT molecular complexity index is 869. The zero-order chi connectivity index (χ0) is 16.6. The molecular formula is C16H16FN3OS2. The van der Waals surface area contributed by atoms with Crippen molar-refractivity contribution in [2.75, 3.05) is 5.32 Å². The summed E-state index contributed by atoms with van der Waals surface area (Å²) in [5.74, 6) is -0.0832. The largest absolute Gasteiger partial charge is 0.296 e. The quantitative estimate of drug-likeness (QED) is 0.746. The predicted octanol–water partition coefficient (Wildman–Crippen LogP) is 4.65. The number of amides is 1. The molecule has 0 aliphatic heterocycles. The number of aryl methyl sites for hydroxylation is 1. The molecule has 0 bridgehead atoms. The van der Waals surface area contributed by atoms with E-state index in [1.54, 1.807) is 13.0 Å². The average molecular weight is 349 g/mol. The lowest BCUT2D eigenvalue weighted by Crippen LogP contribution is -2.11. The highest BCUT2D eigenvalue weighted by Crippen LogP contribution is 2.33. The maximum absolute atomic E-state index is 13.9. The molecule has 0 fully saturated rings. The number of aromatic nitrogens is 2. The van der Waals surface area contributed by atoms with Crippen LogP contribution in [0.25, 0.3) is 10.1 Å². The zero-order valence-electron chi connectivity index (χ0n) is 13.0. The van der Waals surface area contributed by atoms with Gasteiger partial charge in [0.25, 0.3) is 5.91 Å². The highest BCUT2D eigenvalue weighted by Gasteiger charge is 2.19. The molecule has 0 saturated heterocycles. The van der Waals surface area contributed by atoms with Crippen LogP contribution in [-0.2, 0) is 6.42 Å². The summed E-state index contributed by atoms with van der Waals surface area (Å²) in [6.07, 6.45) is 0.834. The fourth-order valence-corrected chi connectivity index (χ4v) is 4.42. The van der Waals surface area contributed by atoms with E-state index in [0.29, 0.717) is 26.9 Å². The van der Waals surface area contributed by atoms with Crippen molar-refractivity contribution < 1.29 is 9.18 Å². The second kappa shape index (κ2) is 6.33. The fraction of sp³-hybridized carbons (Fsp3) is 0.312. The highest BCUT2D eigenvalue weighted by atomic mass is 32.1. The monoisotopic (exact) mass is 349 g/mol. The Morgan fingerprint density at radius 1 is 1.30 bits per heavy atom. The average Bonchev–Trinajstić information content (AvgIpc) is 3.04. The first-order valence-electron chi connectivity index (χ1n) is 7.27. The number of anilines is 1. The van der Waals surface area contributed by atoms with Gasteiger partial charge in [-0.3, -0.25) is 10.1 Å². The summed E-state index contributed by atoms with van der Waals surface area (Å²) in [5.41, 5.74) is 0.660. The Labute approximate surface area is 141 Å². The molecular weight excluding hydrogens is 333 g/mol. The first-order valence-corrected chi connectivity index (χ1v) is 8.90. The van der Waals surface area contributed by atoms with Crippen molar-refractivity contribution in [1.82, 2.24) is 10.2 Å². The van der Waals surface area contributed by atoms with Gasteiger partial charge in [-0.1, -0.05) is 31.3 Å². The van der Waals surface area contributed by atoms with Gasteiger partial charge in [-0.05, 0) is 30.5 Å². The number of hydrogen-bond acceptors (Lipinski definition) is 5. The number of benzene rings is 1. The molecule has 1 N–H and O–H groups in total. The molecule has 0 radical (unpaired) electrons. The van der Waals surface area contributed by atoms with E-state index < -0.39 is 0 Å². The van der Waals surface area contributed by atoms with Crippen molar-refractivity contribution in [3.63, 3.8) is 0 Å². The molecule has 0 spiro atoms. The Morgan fingerprint density at radius 2 is 2.09 bits per heavy atom. The van der Waals surface area contributed by atoms with E-state index in [1.807, 2.05) is 6.07 Å². The molecule has 0 aliphatic rings. The number of rotatable bonds is 4. The topological polar surface area (TPSA) is 54.9 Å². The van der Waals surface area contributed by atoms with Crippen LogP contribution in [0.15, 0.2) is 18.2 Å². The molecule has 23 heavy (non-hydrogen) atoms. The van der Waals surface area contributed by atoms with Crippen LogP contribution in [0.5, 0.6) is 0 Å². The van der Waals surface area contributed by atoms with E-state index >= 15 is 0 Å². The molecule has 4 nitrogen and oxygen atoms in total. The number of carbonyl (C=O) groups is 1. The van der Waals surface area contributed by atoms with Crippen molar-refractivity contribution in [3.05, 3.63) is 39.5 Å². The number of thiophene rings is 1. The van der Waals surface area contributed by atoms with Crippen LogP contribution in [0.2, 0.25) is 0 Å². The van der Waals surface area contributed by atoms with E-state index in [2.05, 4.69) is 29.4 Å². The standard InChI is InChI=1S/C16H16FN3OS2/c1-8(2)7-12-19-20-16(23-12)18-15(21)14-9(3)13-10(17)5-4-6-11(13)22-14/h4-6,8H,7H2,1-3H3,(H,18,20,21). The second-order valence-electron chi connectivity index (χ2n) is 5.72. The number of halogens is 1. The number of nitrogens with one attached hydrogen (secondary N) is 1. The van der Waals surface area contributed by atoms with Crippen LogP contribution in [0.3, 0.4) is 0 Å². The Morgan fingerprint density at radius 3 is 2.78 bits per heavy atom. The summed E-state index contributed by atoms with van der Waals surface area (Å²) in [7, 11) is 0. The van der Waals surface area contributed by atoms with Gasteiger partial charge in [0.15, 0.2) is 0 Å². The van der Waals surface area contributed by atoms with Gasteiger partial charge >= 0.3 is 0 Å². The lowest BCUT2D eigenvalue weighted by molar-refractivity contribution is 0.103. The van der Waals surface area contributed by atoms with E-state index in [0.717, 1.165) is 16.1 Å². The molecule has 1 aromatic carbocycles. The SMILES string of the molecule is Cc1c(C(=O)Nc2nnc(CC(C)C)s2)sc2cccc(F)c12. The maximum Gasteiger partial charge on any atom is 0.267 e. The molecule has 2 aromatic heterocycles. The lowest BCUT2D eigenvalue weighted by Gasteiger charge is -2.00. The molecule has 2 heterocycles. The summed E-state index contributed by atoms with van der Waals surface area (Å²) in [4.78, 5) is 13.0. The van der Waals surface area contributed by atoms with E-state index in [9.17, 15) is 9.18 Å². The first-order chi connectivity index (χ1) is 11.0. The van der Waals surface area contributed by atoms with Crippen LogP contribution in [0.4, 0.5) is 9.52 Å². The number of carbonyl (C=O) groups excluding carboxylic acids is 1. The third-order valence-corrected chi connectivity index (χ3v) is 5.50. The van der Waals surface area contributed by atoms with Gasteiger partial charge in [-0.2, -0.15) is 0 Å². The van der Waals surface area contributed by atoms with E-state index in [4.69, 9.17) is 0 Å². The van der Waals surface area contributed by atoms with Gasteiger partial charge in [0.1, 0.15) is 10.8 Å². The van der Waals surface area contributed by atoms with Crippen LogP contribution in [0, 0.1) is 18.7 Å². The Hall–Kier alpha value is -1.86. The Balaban J connectivity index is 1.85. The summed E-state index contributed by atoms with van der Waals surface area (Å²) >= 11 is 2.66. The highest BCUT2D eigenvalue weighted by molar-refractivity contribution is 7.21. The van der Waals surface area contributed by atoms with Gasteiger partial charge in [0.2, 0.25) is 5.13 Å². The second-order valence-corrected chi connectivity index (χ2v) is 7.84. The predicted molar refractivity (Wildman–Crippen MR) is 92.9 cm³/mol. The molecule has 0 saturated carbocycles. The van der Waals surface area contributed by atoms with Crippen LogP contribution in [0.1, 0.15) is 34.1 Å². The summed E-state index contributed by atoms with van der Waals surface area (Å²) < 4.78 is 14.7. The van der Waals surface area contributed by atoms with Crippen LogP contribution < -0.4 is 5.32 Å². The zero-order valence-corrected chi connectivity index (χ0v) is 14.6. The number of fused-ring (bicyclic) bond motifs is 1. The minimum absolute atomic E-state index is 0.268. The fourth-order valence-electron chi connectivity index (χ4n) is 2.36. The normalized spacial score (nSPS) is 11.3. The van der Waals surface area contributed by atoms with Crippen molar-refractivity contribution >= 4 is 43.8 Å². The van der Waals surface area contributed by atoms with Gasteiger partial charge in [-0.25, -0.2) is 4.39 Å².